The van der Waals surface area contributed by atoms with E-state index in [1.54, 1.807) is 12.5 Å². The van der Waals surface area contributed by atoms with Crippen molar-refractivity contribution in [1.29, 1.82) is 0 Å². The smallest absolute Gasteiger partial charge is 0.260 e. The Balaban J connectivity index is 2.04. The van der Waals surface area contributed by atoms with Crippen molar-refractivity contribution in [3.8, 4) is 0 Å². The molecule has 96 valence electrons. The van der Waals surface area contributed by atoms with Crippen LogP contribution in [0.15, 0.2) is 45.3 Å². The molecule has 2 rings (SSSR count). The number of hydrogen-bond donors (Lipinski definition) is 1. The zero-order valence-corrected chi connectivity index (χ0v) is 11.4. The van der Waals surface area contributed by atoms with Gasteiger partial charge in [-0.3, -0.25) is 4.98 Å². The summed E-state index contributed by atoms with van der Waals surface area (Å²) in [6.07, 6.45) is 6.11. The summed E-state index contributed by atoms with van der Waals surface area (Å²) < 4.78 is 5.19. The molecule has 18 heavy (non-hydrogen) atoms. The molecule has 0 spiro atoms. The molecule has 2 aromatic rings. The Morgan fingerprint density at radius 1 is 1.33 bits per heavy atom. The predicted molar refractivity (Wildman–Crippen MR) is 71.6 cm³/mol. The molecule has 5 heteroatoms. The van der Waals surface area contributed by atoms with Crippen molar-refractivity contribution < 1.29 is 4.42 Å². The van der Waals surface area contributed by atoms with Crippen LogP contribution in [0.25, 0.3) is 0 Å². The lowest BCUT2D eigenvalue weighted by atomic mass is 10.1. The first-order valence-electron chi connectivity index (χ1n) is 6.10. The maximum absolute atomic E-state index is 5.19. The lowest BCUT2D eigenvalue weighted by Gasteiger charge is -2.15. The van der Waals surface area contributed by atoms with E-state index in [2.05, 4.69) is 41.3 Å². The molecule has 1 N–H and O–H groups in total. The predicted octanol–water partition coefficient (Wildman–Crippen LogP) is 3.28. The van der Waals surface area contributed by atoms with Gasteiger partial charge in [0.1, 0.15) is 6.26 Å². The summed E-state index contributed by atoms with van der Waals surface area (Å²) in [5.41, 5.74) is 1.08. The Morgan fingerprint density at radius 3 is 2.78 bits per heavy atom. The maximum Gasteiger partial charge on any atom is 0.260 e. The highest BCUT2D eigenvalue weighted by molar-refractivity contribution is 7.99. The highest BCUT2D eigenvalue weighted by atomic mass is 32.2. The Labute approximate surface area is 111 Å². The fraction of sp³-hybridized carbons (Fsp3) is 0.385. The van der Waals surface area contributed by atoms with Gasteiger partial charge in [0, 0.05) is 17.1 Å². The van der Waals surface area contributed by atoms with Gasteiger partial charge in [0.15, 0.2) is 0 Å². The molecule has 1 atom stereocenters. The summed E-state index contributed by atoms with van der Waals surface area (Å²) in [5.74, 6) is 0. The van der Waals surface area contributed by atoms with Gasteiger partial charge in [-0.1, -0.05) is 13.8 Å². The molecule has 0 bridgehead atoms. The first-order valence-corrected chi connectivity index (χ1v) is 6.91. The molecule has 0 saturated carbocycles. The van der Waals surface area contributed by atoms with Crippen LogP contribution in [0.5, 0.6) is 0 Å². The van der Waals surface area contributed by atoms with E-state index >= 15 is 0 Å². The molecular formula is C13H17N3OS. The second-order valence-corrected chi connectivity index (χ2v) is 4.86. The summed E-state index contributed by atoms with van der Waals surface area (Å²) in [6, 6.07) is 4.44. The summed E-state index contributed by atoms with van der Waals surface area (Å²) in [7, 11) is 0. The molecule has 4 nitrogen and oxygen atoms in total. The zero-order valence-electron chi connectivity index (χ0n) is 10.6. The van der Waals surface area contributed by atoms with Crippen molar-refractivity contribution in [1.82, 2.24) is 15.3 Å². The third-order valence-electron chi connectivity index (χ3n) is 2.59. The number of oxazole rings is 1. The van der Waals surface area contributed by atoms with E-state index in [0.29, 0.717) is 11.3 Å². The molecule has 0 amide bonds. The highest BCUT2D eigenvalue weighted by Gasteiger charge is 2.09. The molecule has 0 aliphatic rings. The summed E-state index contributed by atoms with van der Waals surface area (Å²) in [4.78, 5) is 9.60. The van der Waals surface area contributed by atoms with Crippen LogP contribution in [0.3, 0.4) is 0 Å². The van der Waals surface area contributed by atoms with Crippen molar-refractivity contribution in [2.75, 3.05) is 6.54 Å². The van der Waals surface area contributed by atoms with Crippen LogP contribution >= 0.6 is 11.8 Å². The maximum atomic E-state index is 5.19. The van der Waals surface area contributed by atoms with Crippen LogP contribution in [0.1, 0.15) is 32.0 Å². The Bertz CT molecular complexity index is 456. The third-order valence-corrected chi connectivity index (χ3v) is 3.44. The SMILES string of the molecule is CCNC(CC)c1ccc(Sc2ncco2)cn1. The van der Waals surface area contributed by atoms with Gasteiger partial charge in [0.2, 0.25) is 0 Å². The average molecular weight is 263 g/mol. The van der Waals surface area contributed by atoms with Crippen molar-refractivity contribution in [3.05, 3.63) is 36.5 Å². The zero-order chi connectivity index (χ0) is 12.8. The third kappa shape index (κ3) is 3.34. The highest BCUT2D eigenvalue weighted by Crippen LogP contribution is 2.26. The number of nitrogens with zero attached hydrogens (tertiary/aromatic N) is 2. The largest absolute Gasteiger partial charge is 0.440 e. The van der Waals surface area contributed by atoms with Crippen molar-refractivity contribution in [2.24, 2.45) is 0 Å². The Hall–Kier alpha value is -1.33. The van der Waals surface area contributed by atoms with Crippen LogP contribution in [-0.2, 0) is 0 Å². The van der Waals surface area contributed by atoms with Crippen molar-refractivity contribution in [2.45, 2.75) is 36.4 Å². The van der Waals surface area contributed by atoms with Crippen molar-refractivity contribution >= 4 is 11.8 Å². The minimum absolute atomic E-state index is 0.329. The van der Waals surface area contributed by atoms with Crippen LogP contribution < -0.4 is 5.32 Å². The first kappa shape index (κ1) is 13.1. The van der Waals surface area contributed by atoms with Crippen LogP contribution in [0.2, 0.25) is 0 Å². The summed E-state index contributed by atoms with van der Waals surface area (Å²) >= 11 is 1.47. The van der Waals surface area contributed by atoms with E-state index in [-0.39, 0.29) is 0 Å². The molecule has 0 aromatic carbocycles. The van der Waals surface area contributed by atoms with E-state index in [1.165, 1.54) is 11.8 Å². The van der Waals surface area contributed by atoms with Gasteiger partial charge >= 0.3 is 0 Å². The van der Waals surface area contributed by atoms with Gasteiger partial charge in [-0.2, -0.15) is 0 Å². The first-order chi connectivity index (χ1) is 8.83. The second-order valence-electron chi connectivity index (χ2n) is 3.84. The monoisotopic (exact) mass is 263 g/mol. The summed E-state index contributed by atoms with van der Waals surface area (Å²) in [5, 5.41) is 4.06. The molecule has 0 aliphatic heterocycles. The molecule has 0 aliphatic carbocycles. The molecule has 2 aromatic heterocycles. The molecule has 0 radical (unpaired) electrons. The van der Waals surface area contributed by atoms with E-state index in [0.717, 1.165) is 23.6 Å². The van der Waals surface area contributed by atoms with Gasteiger partial charge < -0.3 is 9.73 Å². The van der Waals surface area contributed by atoms with E-state index < -0.39 is 0 Å². The molecule has 0 fully saturated rings. The fourth-order valence-corrected chi connectivity index (χ4v) is 2.38. The lowest BCUT2D eigenvalue weighted by Crippen LogP contribution is -2.20. The molecular weight excluding hydrogens is 246 g/mol. The van der Waals surface area contributed by atoms with Gasteiger partial charge in [0.05, 0.1) is 11.9 Å². The molecule has 0 saturated heterocycles. The van der Waals surface area contributed by atoms with Crippen LogP contribution in [0, 0.1) is 0 Å². The topological polar surface area (TPSA) is 51.0 Å². The van der Waals surface area contributed by atoms with Gasteiger partial charge in [0.25, 0.3) is 5.22 Å². The minimum atomic E-state index is 0.329. The molecule has 2 heterocycles. The van der Waals surface area contributed by atoms with E-state index in [4.69, 9.17) is 4.42 Å². The quantitative estimate of drug-likeness (QED) is 0.866. The normalized spacial score (nSPS) is 12.6. The fourth-order valence-electron chi connectivity index (χ4n) is 1.72. The number of nitrogens with one attached hydrogen (secondary N) is 1. The van der Waals surface area contributed by atoms with Gasteiger partial charge in [-0.25, -0.2) is 4.98 Å². The number of hydrogen-bond acceptors (Lipinski definition) is 5. The standard InChI is InChI=1S/C13H17N3OS/c1-3-11(14-4-2)12-6-5-10(9-16-12)18-13-15-7-8-17-13/h5-9,11,14H,3-4H2,1-2H3. The lowest BCUT2D eigenvalue weighted by molar-refractivity contribution is 0.454. The number of aromatic nitrogens is 2. The second kappa shape index (κ2) is 6.56. The number of rotatable bonds is 6. The Morgan fingerprint density at radius 2 is 2.22 bits per heavy atom. The van der Waals surface area contributed by atoms with E-state index in [9.17, 15) is 0 Å². The minimum Gasteiger partial charge on any atom is -0.440 e. The van der Waals surface area contributed by atoms with Gasteiger partial charge in [-0.15, -0.1) is 0 Å². The van der Waals surface area contributed by atoms with Crippen LogP contribution in [-0.4, -0.2) is 16.5 Å². The van der Waals surface area contributed by atoms with Gasteiger partial charge in [-0.05, 0) is 36.9 Å². The van der Waals surface area contributed by atoms with Crippen LogP contribution in [0.4, 0.5) is 0 Å². The van der Waals surface area contributed by atoms with E-state index in [1.807, 2.05) is 6.20 Å². The Kier molecular flexibility index (Phi) is 4.78. The van der Waals surface area contributed by atoms with Crippen molar-refractivity contribution in [3.63, 3.8) is 0 Å². The summed E-state index contributed by atoms with van der Waals surface area (Å²) in [6.45, 7) is 5.22. The number of pyridine rings is 1. The molecule has 1 unspecified atom stereocenters. The average Bonchev–Trinajstić information content (AvgIpc) is 2.90.